The van der Waals surface area contributed by atoms with Crippen LogP contribution in [0.4, 0.5) is 4.39 Å². The van der Waals surface area contributed by atoms with E-state index in [9.17, 15) is 4.39 Å². The van der Waals surface area contributed by atoms with Gasteiger partial charge in [0.15, 0.2) is 5.96 Å². The molecule has 1 aliphatic heterocycles. The first-order valence-corrected chi connectivity index (χ1v) is 9.45. The molecule has 5 nitrogen and oxygen atoms in total. The number of nitrogens with zero attached hydrogens (tertiary/aromatic N) is 3. The maximum absolute atomic E-state index is 14.0. The first-order valence-electron chi connectivity index (χ1n) is 9.45. The van der Waals surface area contributed by atoms with Crippen molar-refractivity contribution in [2.45, 2.75) is 19.6 Å². The summed E-state index contributed by atoms with van der Waals surface area (Å²) in [7, 11) is 1.73. The summed E-state index contributed by atoms with van der Waals surface area (Å²) in [6, 6.07) is 16.6. The molecule has 0 bridgehead atoms. The molecule has 0 radical (unpaired) electrons. The monoisotopic (exact) mass is 508 g/mol. The highest BCUT2D eigenvalue weighted by molar-refractivity contribution is 14.0. The highest BCUT2D eigenvalue weighted by Crippen LogP contribution is 2.18. The number of likely N-dealkylation sites (tertiary alicyclic amines) is 1. The summed E-state index contributed by atoms with van der Waals surface area (Å²) in [5, 5.41) is 12.1. The van der Waals surface area contributed by atoms with Crippen molar-refractivity contribution < 1.29 is 9.13 Å². The maximum atomic E-state index is 14.0. The standard InChI is InChI=1S/C22H25FN4O.HI/c1-25-22(26-13-20-8-7-18(12-24)11-21(20)23)27-10-9-19(14-27)16-28-15-17-5-3-2-4-6-17;/h2-8,11,19H,9-10,13-16H2,1H3,(H,25,26);1H. The molecular weight excluding hydrogens is 482 g/mol. The molecule has 1 N–H and O–H groups in total. The quantitative estimate of drug-likeness (QED) is 0.365. The number of rotatable bonds is 6. The highest BCUT2D eigenvalue weighted by Gasteiger charge is 2.25. The molecule has 154 valence electrons. The number of hydrogen-bond acceptors (Lipinski definition) is 3. The van der Waals surface area contributed by atoms with Crippen LogP contribution in [0.25, 0.3) is 0 Å². The minimum atomic E-state index is -0.379. The van der Waals surface area contributed by atoms with E-state index in [4.69, 9.17) is 10.00 Å². The summed E-state index contributed by atoms with van der Waals surface area (Å²) < 4.78 is 19.9. The van der Waals surface area contributed by atoms with Gasteiger partial charge in [-0.2, -0.15) is 5.26 Å². The Morgan fingerprint density at radius 2 is 2.10 bits per heavy atom. The summed E-state index contributed by atoms with van der Waals surface area (Å²) >= 11 is 0. The van der Waals surface area contributed by atoms with Gasteiger partial charge in [-0.05, 0) is 24.1 Å². The van der Waals surface area contributed by atoms with E-state index < -0.39 is 0 Å². The van der Waals surface area contributed by atoms with E-state index in [1.807, 2.05) is 24.3 Å². The lowest BCUT2D eigenvalue weighted by atomic mass is 10.1. The van der Waals surface area contributed by atoms with Crippen LogP contribution in [-0.2, 0) is 17.9 Å². The Labute approximate surface area is 188 Å². The molecule has 0 aromatic heterocycles. The van der Waals surface area contributed by atoms with Crippen LogP contribution in [0.1, 0.15) is 23.1 Å². The molecule has 1 aliphatic rings. The zero-order valence-corrected chi connectivity index (χ0v) is 18.8. The third-order valence-electron chi connectivity index (χ3n) is 4.88. The fourth-order valence-electron chi connectivity index (χ4n) is 3.35. The van der Waals surface area contributed by atoms with Crippen LogP contribution in [0, 0.1) is 23.1 Å². The number of hydrogen-bond donors (Lipinski definition) is 1. The van der Waals surface area contributed by atoms with Gasteiger partial charge in [-0.15, -0.1) is 24.0 Å². The Morgan fingerprint density at radius 3 is 2.79 bits per heavy atom. The fourth-order valence-corrected chi connectivity index (χ4v) is 3.35. The number of benzene rings is 2. The van der Waals surface area contributed by atoms with Crippen LogP contribution in [0.3, 0.4) is 0 Å². The van der Waals surface area contributed by atoms with Gasteiger partial charge < -0.3 is 15.0 Å². The maximum Gasteiger partial charge on any atom is 0.193 e. The second-order valence-electron chi connectivity index (χ2n) is 6.92. The zero-order valence-electron chi connectivity index (χ0n) is 16.5. The molecule has 0 amide bonds. The normalized spacial score (nSPS) is 16.2. The van der Waals surface area contributed by atoms with Crippen molar-refractivity contribution in [2.24, 2.45) is 10.9 Å². The molecule has 2 aromatic carbocycles. The SMILES string of the molecule is CN=C(NCc1ccc(C#N)cc1F)N1CCC(COCc2ccccc2)C1.I. The molecule has 1 heterocycles. The Bertz CT molecular complexity index is 854. The Morgan fingerprint density at radius 1 is 1.31 bits per heavy atom. The van der Waals surface area contributed by atoms with Crippen molar-refractivity contribution in [1.82, 2.24) is 10.2 Å². The minimum Gasteiger partial charge on any atom is -0.376 e. The van der Waals surface area contributed by atoms with Gasteiger partial charge in [0.1, 0.15) is 5.82 Å². The molecule has 1 unspecified atom stereocenters. The fraction of sp³-hybridized carbons (Fsp3) is 0.364. The Kier molecular flexibility index (Phi) is 9.35. The number of halogens is 2. The third-order valence-corrected chi connectivity index (χ3v) is 4.88. The van der Waals surface area contributed by atoms with Crippen molar-refractivity contribution >= 4 is 29.9 Å². The van der Waals surface area contributed by atoms with E-state index in [0.29, 0.717) is 36.8 Å². The number of nitrogens with one attached hydrogen (secondary N) is 1. The first-order chi connectivity index (χ1) is 13.7. The van der Waals surface area contributed by atoms with Crippen LogP contribution in [0.2, 0.25) is 0 Å². The van der Waals surface area contributed by atoms with Crippen molar-refractivity contribution in [3.63, 3.8) is 0 Å². The van der Waals surface area contributed by atoms with Gasteiger partial charge in [-0.1, -0.05) is 36.4 Å². The predicted octanol–water partition coefficient (Wildman–Crippen LogP) is 3.93. The largest absolute Gasteiger partial charge is 0.376 e. The van der Waals surface area contributed by atoms with Gasteiger partial charge in [-0.25, -0.2) is 4.39 Å². The summed E-state index contributed by atoms with van der Waals surface area (Å²) in [5.41, 5.74) is 2.02. The summed E-state index contributed by atoms with van der Waals surface area (Å²) in [6.07, 6.45) is 1.04. The molecule has 2 aromatic rings. The smallest absolute Gasteiger partial charge is 0.193 e. The molecule has 7 heteroatoms. The lowest BCUT2D eigenvalue weighted by molar-refractivity contribution is 0.0906. The molecule has 1 saturated heterocycles. The van der Waals surface area contributed by atoms with Gasteiger partial charge in [0.2, 0.25) is 0 Å². The van der Waals surface area contributed by atoms with Crippen LogP contribution < -0.4 is 5.32 Å². The van der Waals surface area contributed by atoms with Crippen molar-refractivity contribution in [3.8, 4) is 6.07 Å². The molecule has 1 fully saturated rings. The third kappa shape index (κ3) is 6.68. The van der Waals surface area contributed by atoms with Gasteiger partial charge in [0.05, 0.1) is 24.8 Å². The van der Waals surface area contributed by atoms with Crippen molar-refractivity contribution in [1.29, 1.82) is 5.26 Å². The molecule has 1 atom stereocenters. The summed E-state index contributed by atoms with van der Waals surface area (Å²) in [5.74, 6) is 0.832. The van der Waals surface area contributed by atoms with E-state index >= 15 is 0 Å². The zero-order chi connectivity index (χ0) is 19.8. The molecule has 29 heavy (non-hydrogen) atoms. The van der Waals surface area contributed by atoms with E-state index in [0.717, 1.165) is 25.5 Å². The van der Waals surface area contributed by atoms with Gasteiger partial charge >= 0.3 is 0 Å². The molecular formula is C22H26FIN4O. The summed E-state index contributed by atoms with van der Waals surface area (Å²) in [6.45, 7) is 3.43. The van der Waals surface area contributed by atoms with E-state index in [-0.39, 0.29) is 29.8 Å². The molecule has 0 saturated carbocycles. The van der Waals surface area contributed by atoms with Crippen LogP contribution in [0.15, 0.2) is 53.5 Å². The van der Waals surface area contributed by atoms with Gasteiger partial charge in [0.25, 0.3) is 0 Å². The minimum absolute atomic E-state index is 0. The number of guanidine groups is 1. The second-order valence-corrected chi connectivity index (χ2v) is 6.92. The lowest BCUT2D eigenvalue weighted by Gasteiger charge is -2.22. The van der Waals surface area contributed by atoms with Gasteiger partial charge in [0, 0.05) is 38.2 Å². The van der Waals surface area contributed by atoms with Crippen molar-refractivity contribution in [2.75, 3.05) is 26.7 Å². The van der Waals surface area contributed by atoms with Crippen LogP contribution in [-0.4, -0.2) is 37.6 Å². The van der Waals surface area contributed by atoms with Crippen LogP contribution >= 0.6 is 24.0 Å². The van der Waals surface area contributed by atoms with E-state index in [2.05, 4.69) is 27.3 Å². The molecule has 0 spiro atoms. The molecule has 3 rings (SSSR count). The lowest BCUT2D eigenvalue weighted by Crippen LogP contribution is -2.40. The van der Waals surface area contributed by atoms with Crippen LogP contribution in [0.5, 0.6) is 0 Å². The van der Waals surface area contributed by atoms with E-state index in [1.165, 1.54) is 11.6 Å². The number of aliphatic imine (C=N–C) groups is 1. The topological polar surface area (TPSA) is 60.7 Å². The number of ether oxygens (including phenoxy) is 1. The highest BCUT2D eigenvalue weighted by atomic mass is 127. The first kappa shape index (κ1) is 23.1. The Hall–Kier alpha value is -2.18. The van der Waals surface area contributed by atoms with Gasteiger partial charge in [-0.3, -0.25) is 4.99 Å². The molecule has 0 aliphatic carbocycles. The summed E-state index contributed by atoms with van der Waals surface area (Å²) in [4.78, 5) is 6.51. The van der Waals surface area contributed by atoms with E-state index in [1.54, 1.807) is 19.2 Å². The van der Waals surface area contributed by atoms with Crippen molar-refractivity contribution in [3.05, 3.63) is 71.0 Å². The number of nitriles is 1. The average molecular weight is 508 g/mol. The average Bonchev–Trinajstić information content (AvgIpc) is 3.19. The Balaban J connectivity index is 0.00000300. The predicted molar refractivity (Wildman–Crippen MR) is 123 cm³/mol. The second kappa shape index (κ2) is 11.7.